The lowest BCUT2D eigenvalue weighted by molar-refractivity contribution is -0.0214. The fraction of sp³-hybridized carbons (Fsp3) is 0.786. The number of hydrogen-bond acceptors (Lipinski definition) is 5. The van der Waals surface area contributed by atoms with Gasteiger partial charge in [-0.25, -0.2) is 4.79 Å². The van der Waals surface area contributed by atoms with E-state index in [9.17, 15) is 4.79 Å². The molecule has 0 saturated carbocycles. The van der Waals surface area contributed by atoms with E-state index in [1.54, 1.807) is 6.33 Å². The molecule has 8 heteroatoms. The Morgan fingerprint density at radius 3 is 3.18 bits per heavy atom. The van der Waals surface area contributed by atoms with Crippen LogP contribution in [0.3, 0.4) is 0 Å². The van der Waals surface area contributed by atoms with Crippen molar-refractivity contribution in [1.82, 2.24) is 25.0 Å². The Hall–Kier alpha value is -1.28. The number of aryl methyl sites for hydroxylation is 1. The molecule has 1 N–H and O–H groups in total. The number of aromatic nitrogens is 3. The van der Waals surface area contributed by atoms with Crippen molar-refractivity contribution in [2.75, 3.05) is 32.0 Å². The van der Waals surface area contributed by atoms with Gasteiger partial charge in [-0.3, -0.25) is 0 Å². The van der Waals surface area contributed by atoms with E-state index in [-0.39, 0.29) is 16.9 Å². The maximum atomic E-state index is 12.4. The molecule has 0 bridgehead atoms. The number of hydrogen-bond donors (Lipinski definition) is 1. The topological polar surface area (TPSA) is 72.3 Å². The lowest BCUT2D eigenvalue weighted by atomic mass is 10.1. The minimum absolute atomic E-state index is 0.0100. The van der Waals surface area contributed by atoms with Crippen LogP contribution in [0.4, 0.5) is 4.79 Å². The highest BCUT2D eigenvalue weighted by atomic mass is 32.2. The highest BCUT2D eigenvalue weighted by Gasteiger charge is 2.32. The zero-order chi connectivity index (χ0) is 15.6. The number of carbonyl (C=O) groups excluding carboxylic acids is 1. The van der Waals surface area contributed by atoms with Crippen LogP contribution in [0.25, 0.3) is 0 Å². The van der Waals surface area contributed by atoms with Crippen molar-refractivity contribution < 1.29 is 9.53 Å². The van der Waals surface area contributed by atoms with Gasteiger partial charge in [0, 0.05) is 24.9 Å². The van der Waals surface area contributed by atoms with Crippen LogP contribution in [0.5, 0.6) is 0 Å². The first-order chi connectivity index (χ1) is 10.6. The summed E-state index contributed by atoms with van der Waals surface area (Å²) in [6.07, 6.45) is 3.85. The first-order valence-electron chi connectivity index (χ1n) is 7.70. The standard InChI is InChI=1S/C14H23N5O2S/c1-14(4-3-7-22-14)9-15-13(20)19-5-6-21-11(8-19)12-17-16-10-18(12)2/h10-11H,3-9H2,1-2H3,(H,15,20)/t11-,14+/m1/s1. The molecule has 1 aromatic heterocycles. The van der Waals surface area contributed by atoms with Gasteiger partial charge in [-0.05, 0) is 25.5 Å². The van der Waals surface area contributed by atoms with Crippen LogP contribution < -0.4 is 5.32 Å². The summed E-state index contributed by atoms with van der Waals surface area (Å²) in [4.78, 5) is 14.2. The van der Waals surface area contributed by atoms with Crippen molar-refractivity contribution in [1.29, 1.82) is 0 Å². The number of morpholine rings is 1. The fourth-order valence-electron chi connectivity index (χ4n) is 2.92. The second-order valence-electron chi connectivity index (χ2n) is 6.17. The average Bonchev–Trinajstić information content (AvgIpc) is 3.14. The maximum Gasteiger partial charge on any atom is 0.317 e. The van der Waals surface area contributed by atoms with Crippen LogP contribution in [0.1, 0.15) is 31.7 Å². The zero-order valence-corrected chi connectivity index (χ0v) is 13.9. The molecule has 0 aliphatic carbocycles. The molecule has 2 fully saturated rings. The lowest BCUT2D eigenvalue weighted by Gasteiger charge is -2.33. The molecule has 1 aromatic rings. The van der Waals surface area contributed by atoms with E-state index in [0.717, 1.165) is 12.4 Å². The Bertz CT molecular complexity index is 529. The lowest BCUT2D eigenvalue weighted by Crippen LogP contribution is -2.49. The molecular weight excluding hydrogens is 302 g/mol. The molecule has 2 aliphatic heterocycles. The first-order valence-corrected chi connectivity index (χ1v) is 8.68. The predicted molar refractivity (Wildman–Crippen MR) is 84.8 cm³/mol. The largest absolute Gasteiger partial charge is 0.366 e. The molecule has 3 rings (SSSR count). The van der Waals surface area contributed by atoms with E-state index in [2.05, 4.69) is 22.4 Å². The number of thioether (sulfide) groups is 1. The van der Waals surface area contributed by atoms with E-state index in [4.69, 9.17) is 4.74 Å². The monoisotopic (exact) mass is 325 g/mol. The van der Waals surface area contributed by atoms with Gasteiger partial charge in [0.05, 0.1) is 13.2 Å². The molecule has 3 heterocycles. The number of rotatable bonds is 3. The van der Waals surface area contributed by atoms with Gasteiger partial charge in [0.25, 0.3) is 0 Å². The van der Waals surface area contributed by atoms with Crippen molar-refractivity contribution in [3.63, 3.8) is 0 Å². The third kappa shape index (κ3) is 3.38. The molecular formula is C14H23N5O2S. The number of urea groups is 1. The number of ether oxygens (including phenoxy) is 1. The Morgan fingerprint density at radius 1 is 1.64 bits per heavy atom. The van der Waals surface area contributed by atoms with E-state index in [1.807, 2.05) is 28.3 Å². The van der Waals surface area contributed by atoms with Gasteiger partial charge in [-0.2, -0.15) is 11.8 Å². The first kappa shape index (κ1) is 15.6. The molecule has 22 heavy (non-hydrogen) atoms. The summed E-state index contributed by atoms with van der Waals surface area (Å²) in [7, 11) is 1.88. The summed E-state index contributed by atoms with van der Waals surface area (Å²) in [5, 5.41) is 11.0. The fourth-order valence-corrected chi connectivity index (χ4v) is 4.17. The van der Waals surface area contributed by atoms with Gasteiger partial charge in [0.1, 0.15) is 12.4 Å². The molecule has 0 spiro atoms. The summed E-state index contributed by atoms with van der Waals surface area (Å²) < 4.78 is 7.75. The summed E-state index contributed by atoms with van der Waals surface area (Å²) in [5.74, 6) is 1.95. The molecule has 2 aliphatic rings. The molecule has 0 unspecified atom stereocenters. The van der Waals surface area contributed by atoms with Crippen molar-refractivity contribution in [2.24, 2.45) is 7.05 Å². The van der Waals surface area contributed by atoms with Gasteiger partial charge in [0.15, 0.2) is 5.82 Å². The molecule has 2 atom stereocenters. The summed E-state index contributed by atoms with van der Waals surface area (Å²) >= 11 is 1.95. The summed E-state index contributed by atoms with van der Waals surface area (Å²) in [6, 6.07) is -0.0100. The van der Waals surface area contributed by atoms with Crippen LogP contribution in [0.15, 0.2) is 6.33 Å². The normalized spacial score (nSPS) is 28.8. The smallest absolute Gasteiger partial charge is 0.317 e. The maximum absolute atomic E-state index is 12.4. The van der Waals surface area contributed by atoms with Crippen molar-refractivity contribution in [2.45, 2.75) is 30.6 Å². The summed E-state index contributed by atoms with van der Waals surface area (Å²) in [5.41, 5.74) is 0. The van der Waals surface area contributed by atoms with Crippen LogP contribution in [0, 0.1) is 0 Å². The van der Waals surface area contributed by atoms with Gasteiger partial charge in [0.2, 0.25) is 0 Å². The SMILES string of the molecule is Cn1cnnc1[C@H]1CN(C(=O)NC[C@]2(C)CCCS2)CCO1. The Labute approximate surface area is 134 Å². The summed E-state index contributed by atoms with van der Waals surface area (Å²) in [6.45, 7) is 4.61. The second kappa shape index (κ2) is 6.45. The van der Waals surface area contributed by atoms with Crippen LogP contribution >= 0.6 is 11.8 Å². The van der Waals surface area contributed by atoms with Crippen molar-refractivity contribution >= 4 is 17.8 Å². The molecule has 0 aromatic carbocycles. The molecule has 0 radical (unpaired) electrons. The molecule has 2 saturated heterocycles. The van der Waals surface area contributed by atoms with Crippen LogP contribution in [0.2, 0.25) is 0 Å². The number of carbonyl (C=O) groups is 1. The van der Waals surface area contributed by atoms with Gasteiger partial charge in [-0.1, -0.05) is 0 Å². The van der Waals surface area contributed by atoms with Crippen molar-refractivity contribution in [3.05, 3.63) is 12.2 Å². The highest BCUT2D eigenvalue weighted by molar-refractivity contribution is 8.00. The highest BCUT2D eigenvalue weighted by Crippen LogP contribution is 2.37. The third-order valence-electron chi connectivity index (χ3n) is 4.30. The van der Waals surface area contributed by atoms with Gasteiger partial charge in [-0.15, -0.1) is 10.2 Å². The molecule has 2 amide bonds. The Morgan fingerprint density at radius 2 is 2.50 bits per heavy atom. The third-order valence-corrected chi connectivity index (χ3v) is 5.84. The van der Waals surface area contributed by atoms with E-state index in [1.165, 1.54) is 18.6 Å². The predicted octanol–water partition coefficient (Wildman–Crippen LogP) is 1.18. The van der Waals surface area contributed by atoms with E-state index < -0.39 is 0 Å². The number of nitrogens with one attached hydrogen (secondary N) is 1. The quantitative estimate of drug-likeness (QED) is 0.903. The second-order valence-corrected chi connectivity index (χ2v) is 7.85. The van der Waals surface area contributed by atoms with E-state index >= 15 is 0 Å². The van der Waals surface area contributed by atoms with Crippen LogP contribution in [-0.4, -0.2) is 62.4 Å². The zero-order valence-electron chi connectivity index (χ0n) is 13.1. The van der Waals surface area contributed by atoms with Crippen LogP contribution in [-0.2, 0) is 11.8 Å². The van der Waals surface area contributed by atoms with Gasteiger partial charge >= 0.3 is 6.03 Å². The number of nitrogens with zero attached hydrogens (tertiary/aromatic N) is 4. The Balaban J connectivity index is 1.55. The molecule has 122 valence electrons. The minimum Gasteiger partial charge on any atom is -0.366 e. The van der Waals surface area contributed by atoms with Crippen molar-refractivity contribution in [3.8, 4) is 0 Å². The average molecular weight is 325 g/mol. The van der Waals surface area contributed by atoms with Gasteiger partial charge < -0.3 is 19.5 Å². The van der Waals surface area contributed by atoms with E-state index in [0.29, 0.717) is 19.7 Å². The minimum atomic E-state index is -0.205. The molecule has 7 nitrogen and oxygen atoms in total. The number of amides is 2. The Kier molecular flexibility index (Phi) is 4.58.